The van der Waals surface area contributed by atoms with Crippen LogP contribution in [-0.4, -0.2) is 36.2 Å². The lowest BCUT2D eigenvalue weighted by molar-refractivity contribution is 0.0119. The SMILES string of the molecule is CC1(CNCc2cc(Cl)cs2)CCN(C(=O)OC(C)(C)C)CC1. The van der Waals surface area contributed by atoms with Gasteiger partial charge in [-0.2, -0.15) is 0 Å². The summed E-state index contributed by atoms with van der Waals surface area (Å²) in [6, 6.07) is 2.01. The first kappa shape index (κ1) is 18.6. The summed E-state index contributed by atoms with van der Waals surface area (Å²) in [7, 11) is 0. The third-order valence-corrected chi connectivity index (χ3v) is 5.38. The minimum Gasteiger partial charge on any atom is -0.444 e. The van der Waals surface area contributed by atoms with E-state index >= 15 is 0 Å². The Hall–Kier alpha value is -0.780. The van der Waals surface area contributed by atoms with Gasteiger partial charge in [0.1, 0.15) is 5.60 Å². The molecule has 130 valence electrons. The highest BCUT2D eigenvalue weighted by Gasteiger charge is 2.33. The number of nitrogens with one attached hydrogen (secondary N) is 1. The third kappa shape index (κ3) is 5.98. The van der Waals surface area contributed by atoms with Crippen molar-refractivity contribution in [1.82, 2.24) is 10.2 Å². The number of hydrogen-bond donors (Lipinski definition) is 1. The first-order chi connectivity index (χ1) is 10.7. The van der Waals surface area contributed by atoms with Crippen LogP contribution in [-0.2, 0) is 11.3 Å². The second kappa shape index (κ2) is 7.41. The number of thiophene rings is 1. The van der Waals surface area contributed by atoms with Gasteiger partial charge in [-0.1, -0.05) is 18.5 Å². The highest BCUT2D eigenvalue weighted by atomic mass is 35.5. The largest absolute Gasteiger partial charge is 0.444 e. The lowest BCUT2D eigenvalue weighted by Gasteiger charge is -2.39. The molecule has 0 aliphatic carbocycles. The molecule has 1 saturated heterocycles. The minimum absolute atomic E-state index is 0.194. The Morgan fingerprint density at radius 3 is 2.61 bits per heavy atom. The molecule has 0 atom stereocenters. The van der Waals surface area contributed by atoms with E-state index in [9.17, 15) is 4.79 Å². The number of carbonyl (C=O) groups is 1. The number of hydrogen-bond acceptors (Lipinski definition) is 4. The van der Waals surface area contributed by atoms with Gasteiger partial charge < -0.3 is 15.0 Å². The lowest BCUT2D eigenvalue weighted by atomic mass is 9.80. The van der Waals surface area contributed by atoms with E-state index in [1.807, 2.05) is 37.1 Å². The lowest BCUT2D eigenvalue weighted by Crippen LogP contribution is -2.47. The van der Waals surface area contributed by atoms with Crippen LogP contribution in [0.5, 0.6) is 0 Å². The third-order valence-electron chi connectivity index (χ3n) is 4.10. The van der Waals surface area contributed by atoms with Crippen molar-refractivity contribution in [3.63, 3.8) is 0 Å². The van der Waals surface area contributed by atoms with Gasteiger partial charge in [-0.15, -0.1) is 11.3 Å². The predicted molar refractivity (Wildman–Crippen MR) is 96.2 cm³/mol. The van der Waals surface area contributed by atoms with Gasteiger partial charge in [-0.05, 0) is 45.1 Å². The maximum Gasteiger partial charge on any atom is 0.410 e. The maximum atomic E-state index is 12.1. The van der Waals surface area contributed by atoms with Gasteiger partial charge in [0, 0.05) is 36.4 Å². The Morgan fingerprint density at radius 1 is 1.43 bits per heavy atom. The van der Waals surface area contributed by atoms with Crippen molar-refractivity contribution >= 4 is 29.0 Å². The van der Waals surface area contributed by atoms with Gasteiger partial charge in [0.2, 0.25) is 0 Å². The Kier molecular flexibility index (Phi) is 5.98. The molecule has 2 heterocycles. The average Bonchev–Trinajstić information content (AvgIpc) is 2.83. The van der Waals surface area contributed by atoms with Gasteiger partial charge in [0.15, 0.2) is 0 Å². The molecule has 2 rings (SSSR count). The van der Waals surface area contributed by atoms with E-state index in [2.05, 4.69) is 12.2 Å². The minimum atomic E-state index is -0.429. The summed E-state index contributed by atoms with van der Waals surface area (Å²) in [4.78, 5) is 15.2. The number of carbonyl (C=O) groups excluding carboxylic acids is 1. The first-order valence-corrected chi connectivity index (χ1v) is 9.34. The number of nitrogens with zero attached hydrogens (tertiary/aromatic N) is 1. The fourth-order valence-electron chi connectivity index (χ4n) is 2.67. The summed E-state index contributed by atoms with van der Waals surface area (Å²) < 4.78 is 5.45. The number of piperidine rings is 1. The predicted octanol–water partition coefficient (Wildman–Crippen LogP) is 4.53. The smallest absolute Gasteiger partial charge is 0.410 e. The van der Waals surface area contributed by atoms with Crippen molar-refractivity contribution in [3.8, 4) is 0 Å². The maximum absolute atomic E-state index is 12.1. The summed E-state index contributed by atoms with van der Waals surface area (Å²) >= 11 is 7.62. The van der Waals surface area contributed by atoms with Crippen molar-refractivity contribution in [2.24, 2.45) is 5.41 Å². The van der Waals surface area contributed by atoms with Gasteiger partial charge >= 0.3 is 6.09 Å². The summed E-state index contributed by atoms with van der Waals surface area (Å²) in [5, 5.41) is 6.29. The topological polar surface area (TPSA) is 41.6 Å². The molecule has 0 saturated carbocycles. The number of amides is 1. The molecule has 23 heavy (non-hydrogen) atoms. The van der Waals surface area contributed by atoms with Crippen LogP contribution >= 0.6 is 22.9 Å². The van der Waals surface area contributed by atoms with Gasteiger partial charge in [0.05, 0.1) is 5.02 Å². The molecule has 0 spiro atoms. The van der Waals surface area contributed by atoms with E-state index in [-0.39, 0.29) is 11.5 Å². The van der Waals surface area contributed by atoms with Crippen LogP contribution in [0.1, 0.15) is 45.4 Å². The Balaban J connectivity index is 1.74. The van der Waals surface area contributed by atoms with E-state index in [1.54, 1.807) is 11.3 Å². The Labute approximate surface area is 148 Å². The highest BCUT2D eigenvalue weighted by Crippen LogP contribution is 2.31. The number of likely N-dealkylation sites (tertiary alicyclic amines) is 1. The van der Waals surface area contributed by atoms with E-state index < -0.39 is 5.60 Å². The van der Waals surface area contributed by atoms with Crippen molar-refractivity contribution in [3.05, 3.63) is 21.3 Å². The molecule has 0 unspecified atom stereocenters. The Morgan fingerprint density at radius 2 is 2.09 bits per heavy atom. The normalized spacial score (nSPS) is 18.0. The summed E-state index contributed by atoms with van der Waals surface area (Å²) in [6.45, 7) is 11.3. The van der Waals surface area contributed by atoms with E-state index in [1.165, 1.54) is 4.88 Å². The zero-order valence-electron chi connectivity index (χ0n) is 14.4. The molecule has 0 radical (unpaired) electrons. The average molecular weight is 359 g/mol. The number of halogens is 1. The number of ether oxygens (including phenoxy) is 1. The molecule has 1 aromatic rings. The molecule has 1 aromatic heterocycles. The molecule has 1 aliphatic heterocycles. The molecule has 1 amide bonds. The van der Waals surface area contributed by atoms with Crippen molar-refractivity contribution < 1.29 is 9.53 Å². The fraction of sp³-hybridized carbons (Fsp3) is 0.706. The number of rotatable bonds is 4. The molecular formula is C17H27ClN2O2S. The fourth-order valence-corrected chi connectivity index (χ4v) is 3.71. The summed E-state index contributed by atoms with van der Waals surface area (Å²) in [6.07, 6.45) is 1.79. The van der Waals surface area contributed by atoms with Crippen LogP contribution in [0.25, 0.3) is 0 Å². The van der Waals surface area contributed by atoms with Crippen LogP contribution < -0.4 is 5.32 Å². The molecule has 1 N–H and O–H groups in total. The summed E-state index contributed by atoms with van der Waals surface area (Å²) in [5.41, 5.74) is -0.207. The van der Waals surface area contributed by atoms with Crippen LogP contribution in [0.4, 0.5) is 4.79 Å². The monoisotopic (exact) mass is 358 g/mol. The molecule has 4 nitrogen and oxygen atoms in total. The molecule has 0 aromatic carbocycles. The van der Waals surface area contributed by atoms with Crippen LogP contribution in [0.3, 0.4) is 0 Å². The molecule has 1 aliphatic rings. The molecule has 0 bridgehead atoms. The first-order valence-electron chi connectivity index (χ1n) is 8.08. The quantitative estimate of drug-likeness (QED) is 0.859. The zero-order chi connectivity index (χ0) is 17.1. The highest BCUT2D eigenvalue weighted by molar-refractivity contribution is 7.10. The van der Waals surface area contributed by atoms with E-state index in [4.69, 9.17) is 16.3 Å². The van der Waals surface area contributed by atoms with Crippen LogP contribution in [0.2, 0.25) is 5.02 Å². The van der Waals surface area contributed by atoms with Gasteiger partial charge in [-0.25, -0.2) is 4.79 Å². The van der Waals surface area contributed by atoms with Gasteiger partial charge in [-0.3, -0.25) is 0 Å². The second-order valence-corrected chi connectivity index (χ2v) is 9.05. The van der Waals surface area contributed by atoms with Crippen molar-refractivity contribution in [2.45, 2.75) is 52.7 Å². The van der Waals surface area contributed by atoms with E-state index in [0.717, 1.165) is 44.0 Å². The zero-order valence-corrected chi connectivity index (χ0v) is 16.0. The van der Waals surface area contributed by atoms with E-state index in [0.29, 0.717) is 0 Å². The summed E-state index contributed by atoms with van der Waals surface area (Å²) in [5.74, 6) is 0. The van der Waals surface area contributed by atoms with Gasteiger partial charge in [0.25, 0.3) is 0 Å². The van der Waals surface area contributed by atoms with Crippen molar-refractivity contribution in [1.29, 1.82) is 0 Å². The van der Waals surface area contributed by atoms with Crippen molar-refractivity contribution in [2.75, 3.05) is 19.6 Å². The Bertz CT molecular complexity index is 531. The second-order valence-electron chi connectivity index (χ2n) is 7.61. The molecule has 1 fully saturated rings. The molecular weight excluding hydrogens is 332 g/mol. The molecule has 6 heteroatoms. The standard InChI is InChI=1S/C17H27ClN2O2S/c1-16(2,3)22-15(21)20-7-5-17(4,6-8-20)12-19-10-14-9-13(18)11-23-14/h9,11,19H,5-8,10,12H2,1-4H3. The van der Waals surface area contributed by atoms with Crippen LogP contribution in [0.15, 0.2) is 11.4 Å². The van der Waals surface area contributed by atoms with Crippen LogP contribution in [0, 0.1) is 5.41 Å².